The number of nitrogens with zero attached hydrogens (tertiary/aromatic N) is 1. The molecule has 4 heteroatoms. The molecule has 0 amide bonds. The Balaban J connectivity index is 3.68. The minimum Gasteiger partial charge on any atom is -0.228 e. The zero-order chi connectivity index (χ0) is 8.74. The van der Waals surface area contributed by atoms with Crippen molar-refractivity contribution in [1.82, 2.24) is 0 Å². The molecule has 0 spiro atoms. The van der Waals surface area contributed by atoms with Gasteiger partial charge in [0.25, 0.3) is 0 Å². The van der Waals surface area contributed by atoms with Gasteiger partial charge in [-0.25, -0.2) is 8.42 Å². The molecule has 0 saturated heterocycles. The predicted molar refractivity (Wildman–Crippen MR) is 43.8 cm³/mol. The van der Waals surface area contributed by atoms with Gasteiger partial charge in [-0.1, -0.05) is 19.8 Å². The van der Waals surface area contributed by atoms with E-state index in [0.717, 1.165) is 12.8 Å². The minimum atomic E-state index is -3.07. The fraction of sp³-hybridized carbons (Fsp3) is 0.857. The second kappa shape index (κ2) is 5.14. The highest BCUT2D eigenvalue weighted by atomic mass is 32.2. The van der Waals surface area contributed by atoms with Crippen molar-refractivity contribution in [2.24, 2.45) is 0 Å². The smallest absolute Gasteiger partial charge is 0.163 e. The highest BCUT2D eigenvalue weighted by Crippen LogP contribution is 1.99. The van der Waals surface area contributed by atoms with Crippen LogP contribution < -0.4 is 0 Å². The molecule has 0 aromatic rings. The third-order valence-electron chi connectivity index (χ3n) is 1.34. The van der Waals surface area contributed by atoms with Crippen molar-refractivity contribution in [3.05, 3.63) is 0 Å². The van der Waals surface area contributed by atoms with Gasteiger partial charge < -0.3 is 0 Å². The molecule has 0 aliphatic heterocycles. The molecule has 11 heavy (non-hydrogen) atoms. The first-order valence-corrected chi connectivity index (χ1v) is 5.52. The van der Waals surface area contributed by atoms with Gasteiger partial charge in [0.2, 0.25) is 0 Å². The molecule has 3 nitrogen and oxygen atoms in total. The van der Waals surface area contributed by atoms with E-state index < -0.39 is 9.84 Å². The van der Waals surface area contributed by atoms with Crippen molar-refractivity contribution in [3.63, 3.8) is 0 Å². The second-order valence-corrected chi connectivity index (χ2v) is 4.64. The van der Waals surface area contributed by atoms with E-state index in [4.69, 9.17) is 5.26 Å². The van der Waals surface area contributed by atoms with E-state index >= 15 is 0 Å². The first-order chi connectivity index (χ1) is 5.12. The lowest BCUT2D eigenvalue weighted by Crippen LogP contribution is -2.09. The van der Waals surface area contributed by atoms with Gasteiger partial charge >= 0.3 is 0 Å². The summed E-state index contributed by atoms with van der Waals surface area (Å²) in [4.78, 5) is 0. The Kier molecular flexibility index (Phi) is 4.88. The maximum atomic E-state index is 10.9. The van der Waals surface area contributed by atoms with Gasteiger partial charge in [0.05, 0.1) is 11.8 Å². The van der Waals surface area contributed by atoms with Crippen molar-refractivity contribution in [3.8, 4) is 6.07 Å². The first kappa shape index (κ1) is 10.4. The molecule has 0 bridgehead atoms. The minimum absolute atomic E-state index is 0.161. The van der Waals surface area contributed by atoms with Crippen LogP contribution in [0.5, 0.6) is 0 Å². The van der Waals surface area contributed by atoms with Gasteiger partial charge in [0.15, 0.2) is 9.84 Å². The SMILES string of the molecule is CCCCCS(=O)(=O)CC#N. The number of rotatable bonds is 5. The number of sulfone groups is 1. The Hall–Kier alpha value is -0.560. The number of unbranched alkanes of at least 4 members (excludes halogenated alkanes) is 2. The van der Waals surface area contributed by atoms with E-state index in [0.29, 0.717) is 6.42 Å². The summed E-state index contributed by atoms with van der Waals surface area (Å²) in [6.07, 6.45) is 2.60. The van der Waals surface area contributed by atoms with Crippen LogP contribution in [0.25, 0.3) is 0 Å². The van der Waals surface area contributed by atoms with Crippen LogP contribution in [0.1, 0.15) is 26.2 Å². The molecule has 0 aromatic carbocycles. The van der Waals surface area contributed by atoms with Gasteiger partial charge in [0.1, 0.15) is 5.75 Å². The Labute approximate surface area is 67.9 Å². The van der Waals surface area contributed by atoms with Crippen LogP contribution in [0.3, 0.4) is 0 Å². The molecule has 0 radical (unpaired) electrons. The molecule has 0 N–H and O–H groups in total. The van der Waals surface area contributed by atoms with Crippen molar-refractivity contribution in [2.45, 2.75) is 26.2 Å². The molecule has 0 atom stereocenters. The van der Waals surface area contributed by atoms with E-state index in [-0.39, 0.29) is 11.5 Å². The largest absolute Gasteiger partial charge is 0.228 e. The summed E-state index contributed by atoms with van der Waals surface area (Å²) in [6, 6.07) is 1.65. The van der Waals surface area contributed by atoms with Crippen molar-refractivity contribution < 1.29 is 8.42 Å². The normalized spacial score (nSPS) is 10.9. The number of nitriles is 1. The monoisotopic (exact) mass is 175 g/mol. The average Bonchev–Trinajstić information content (AvgIpc) is 1.87. The molecule has 64 valence electrons. The summed E-state index contributed by atoms with van der Waals surface area (Å²) in [5.41, 5.74) is 0. The van der Waals surface area contributed by atoms with E-state index in [2.05, 4.69) is 0 Å². The third kappa shape index (κ3) is 5.86. The molecule has 0 aromatic heterocycles. The van der Waals surface area contributed by atoms with Gasteiger partial charge in [-0.2, -0.15) is 5.26 Å². The predicted octanol–water partition coefficient (Wildman–Crippen LogP) is 1.11. The van der Waals surface area contributed by atoms with Crippen LogP contribution in [0.15, 0.2) is 0 Å². The second-order valence-electron chi connectivity index (χ2n) is 2.46. The fourth-order valence-corrected chi connectivity index (χ4v) is 1.73. The van der Waals surface area contributed by atoms with Gasteiger partial charge in [-0.3, -0.25) is 0 Å². The van der Waals surface area contributed by atoms with E-state index in [1.807, 2.05) is 6.92 Å². The molecule has 0 aliphatic carbocycles. The molecular weight excluding hydrogens is 162 g/mol. The van der Waals surface area contributed by atoms with Gasteiger partial charge in [-0.15, -0.1) is 0 Å². The van der Waals surface area contributed by atoms with E-state index in [1.54, 1.807) is 6.07 Å². The third-order valence-corrected chi connectivity index (χ3v) is 2.82. The van der Waals surface area contributed by atoms with E-state index in [1.165, 1.54) is 0 Å². The lowest BCUT2D eigenvalue weighted by Gasteiger charge is -1.96. The van der Waals surface area contributed by atoms with Crippen LogP contribution in [0.4, 0.5) is 0 Å². The zero-order valence-corrected chi connectivity index (χ0v) is 7.52. The Bertz CT molecular complexity index is 225. The fourth-order valence-electron chi connectivity index (χ4n) is 0.742. The van der Waals surface area contributed by atoms with Crippen LogP contribution >= 0.6 is 0 Å². The van der Waals surface area contributed by atoms with E-state index in [9.17, 15) is 8.42 Å². The summed E-state index contributed by atoms with van der Waals surface area (Å²) in [7, 11) is -3.07. The summed E-state index contributed by atoms with van der Waals surface area (Å²) in [6.45, 7) is 2.01. The van der Waals surface area contributed by atoms with Crippen LogP contribution in [0.2, 0.25) is 0 Å². The van der Waals surface area contributed by atoms with Gasteiger partial charge in [-0.05, 0) is 6.42 Å². The summed E-state index contributed by atoms with van der Waals surface area (Å²) in [5.74, 6) is -0.175. The van der Waals surface area contributed by atoms with Crippen molar-refractivity contribution in [1.29, 1.82) is 5.26 Å². The zero-order valence-electron chi connectivity index (χ0n) is 6.71. The Morgan fingerprint density at radius 3 is 2.45 bits per heavy atom. The highest BCUT2D eigenvalue weighted by Gasteiger charge is 2.07. The standard InChI is InChI=1S/C7H13NO2S/c1-2-3-4-6-11(9,10)7-5-8/h2-4,6-7H2,1H3. The topological polar surface area (TPSA) is 57.9 Å². The summed E-state index contributed by atoms with van der Waals surface area (Å²) >= 11 is 0. The quantitative estimate of drug-likeness (QED) is 0.588. The summed E-state index contributed by atoms with van der Waals surface area (Å²) < 4.78 is 21.8. The molecular formula is C7H13NO2S. The summed E-state index contributed by atoms with van der Waals surface area (Å²) in [5, 5.41) is 8.13. The molecule has 0 fully saturated rings. The molecule has 0 heterocycles. The van der Waals surface area contributed by atoms with Crippen LogP contribution in [0, 0.1) is 11.3 Å². The molecule has 0 aliphatic rings. The number of hydrogen-bond donors (Lipinski definition) is 0. The van der Waals surface area contributed by atoms with Crippen LogP contribution in [-0.2, 0) is 9.84 Å². The molecule has 0 saturated carbocycles. The maximum Gasteiger partial charge on any atom is 0.163 e. The Morgan fingerprint density at radius 1 is 1.36 bits per heavy atom. The Morgan fingerprint density at radius 2 is 2.00 bits per heavy atom. The lowest BCUT2D eigenvalue weighted by molar-refractivity contribution is 0.594. The van der Waals surface area contributed by atoms with Gasteiger partial charge in [0, 0.05) is 0 Å². The van der Waals surface area contributed by atoms with Crippen molar-refractivity contribution >= 4 is 9.84 Å². The molecule has 0 unspecified atom stereocenters. The number of hydrogen-bond acceptors (Lipinski definition) is 3. The van der Waals surface area contributed by atoms with Crippen LogP contribution in [-0.4, -0.2) is 19.9 Å². The first-order valence-electron chi connectivity index (χ1n) is 3.69. The van der Waals surface area contributed by atoms with Crippen molar-refractivity contribution in [2.75, 3.05) is 11.5 Å². The maximum absolute atomic E-state index is 10.9. The molecule has 0 rings (SSSR count). The average molecular weight is 175 g/mol. The highest BCUT2D eigenvalue weighted by molar-refractivity contribution is 7.91. The lowest BCUT2D eigenvalue weighted by atomic mass is 10.3.